The predicted octanol–water partition coefficient (Wildman–Crippen LogP) is 0.815. The van der Waals surface area contributed by atoms with Crippen LogP contribution in [-0.4, -0.2) is 38.2 Å². The average molecular weight is 241 g/mol. The number of esters is 1. The maximum atomic E-state index is 11.3. The highest BCUT2D eigenvalue weighted by molar-refractivity contribution is 5.88. The molecule has 5 nitrogen and oxygen atoms in total. The Morgan fingerprint density at radius 3 is 2.71 bits per heavy atom. The summed E-state index contributed by atoms with van der Waals surface area (Å²) < 4.78 is 9.91. The zero-order valence-electron chi connectivity index (χ0n) is 10.2. The maximum Gasteiger partial charge on any atom is 0.335 e. The minimum absolute atomic E-state index is 0.0748. The van der Waals surface area contributed by atoms with Gasteiger partial charge in [-0.15, -0.1) is 6.58 Å². The van der Waals surface area contributed by atoms with Crippen molar-refractivity contribution >= 4 is 11.9 Å². The Balaban J connectivity index is 3.60. The number of carbonyl (C=O) groups is 2. The molecular weight excluding hydrogens is 222 g/mol. The van der Waals surface area contributed by atoms with Gasteiger partial charge in [0, 0.05) is 6.42 Å². The first kappa shape index (κ1) is 15.4. The molecule has 0 saturated carbocycles. The summed E-state index contributed by atoms with van der Waals surface area (Å²) >= 11 is 0. The highest BCUT2D eigenvalue weighted by Crippen LogP contribution is 1.95. The van der Waals surface area contributed by atoms with Gasteiger partial charge in [-0.25, -0.2) is 4.79 Å². The second-order valence-electron chi connectivity index (χ2n) is 3.25. The lowest BCUT2D eigenvalue weighted by atomic mass is 10.3. The Morgan fingerprint density at radius 2 is 2.12 bits per heavy atom. The molecule has 0 bridgehead atoms. The topological polar surface area (TPSA) is 64.6 Å². The van der Waals surface area contributed by atoms with Crippen LogP contribution in [0.25, 0.3) is 0 Å². The standard InChI is InChI=1S/C12H19NO4/c1-4-7-16-9-10(3)12(15)17-8-6-13-11(14)5-2/h4H,1,3,5-9H2,2H3,(H,13,14). The molecule has 0 atom stereocenters. The first-order valence-corrected chi connectivity index (χ1v) is 5.42. The van der Waals surface area contributed by atoms with E-state index in [4.69, 9.17) is 9.47 Å². The molecule has 0 spiro atoms. The van der Waals surface area contributed by atoms with Gasteiger partial charge in [-0.1, -0.05) is 19.6 Å². The fraction of sp³-hybridized carbons (Fsp3) is 0.500. The average Bonchev–Trinajstić information content (AvgIpc) is 2.34. The van der Waals surface area contributed by atoms with E-state index in [1.54, 1.807) is 13.0 Å². The number of hydrogen-bond acceptors (Lipinski definition) is 4. The molecule has 0 aromatic heterocycles. The summed E-state index contributed by atoms with van der Waals surface area (Å²) in [6, 6.07) is 0. The first-order chi connectivity index (χ1) is 8.11. The molecule has 0 aliphatic rings. The van der Waals surface area contributed by atoms with E-state index in [1.807, 2.05) is 0 Å². The monoisotopic (exact) mass is 241 g/mol. The molecule has 0 rings (SSSR count). The molecule has 0 heterocycles. The van der Waals surface area contributed by atoms with Crippen molar-refractivity contribution in [3.63, 3.8) is 0 Å². The van der Waals surface area contributed by atoms with E-state index in [1.165, 1.54) is 0 Å². The maximum absolute atomic E-state index is 11.3. The molecule has 5 heteroatoms. The van der Waals surface area contributed by atoms with Gasteiger partial charge >= 0.3 is 5.97 Å². The fourth-order valence-electron chi connectivity index (χ4n) is 0.886. The summed E-state index contributed by atoms with van der Waals surface area (Å²) in [7, 11) is 0. The van der Waals surface area contributed by atoms with E-state index >= 15 is 0 Å². The van der Waals surface area contributed by atoms with Gasteiger partial charge in [-0.05, 0) is 0 Å². The highest BCUT2D eigenvalue weighted by Gasteiger charge is 2.08. The van der Waals surface area contributed by atoms with Crippen LogP contribution in [0.1, 0.15) is 13.3 Å². The van der Waals surface area contributed by atoms with Crippen LogP contribution in [0.4, 0.5) is 0 Å². The Kier molecular flexibility index (Phi) is 8.68. The van der Waals surface area contributed by atoms with Crippen molar-refractivity contribution in [3.8, 4) is 0 Å². The van der Waals surface area contributed by atoms with Crippen molar-refractivity contribution < 1.29 is 19.1 Å². The van der Waals surface area contributed by atoms with Crippen LogP contribution in [0.15, 0.2) is 24.8 Å². The van der Waals surface area contributed by atoms with Crippen molar-refractivity contribution in [2.45, 2.75) is 13.3 Å². The van der Waals surface area contributed by atoms with Gasteiger partial charge in [0.1, 0.15) is 6.61 Å². The van der Waals surface area contributed by atoms with Crippen LogP contribution in [0.2, 0.25) is 0 Å². The second kappa shape index (κ2) is 9.59. The lowest BCUT2D eigenvalue weighted by molar-refractivity contribution is -0.140. The molecule has 0 fully saturated rings. The quantitative estimate of drug-likeness (QED) is 0.281. The van der Waals surface area contributed by atoms with Crippen LogP contribution in [0.3, 0.4) is 0 Å². The molecule has 0 aromatic rings. The molecule has 0 unspecified atom stereocenters. The lowest BCUT2D eigenvalue weighted by Gasteiger charge is -2.07. The fourth-order valence-corrected chi connectivity index (χ4v) is 0.886. The number of rotatable bonds is 9. The molecule has 0 aliphatic heterocycles. The zero-order chi connectivity index (χ0) is 13.1. The lowest BCUT2D eigenvalue weighted by Crippen LogP contribution is -2.27. The third-order valence-corrected chi connectivity index (χ3v) is 1.78. The van der Waals surface area contributed by atoms with Crippen molar-refractivity contribution in [1.82, 2.24) is 5.32 Å². The Bertz CT molecular complexity index is 286. The smallest absolute Gasteiger partial charge is 0.335 e. The van der Waals surface area contributed by atoms with E-state index < -0.39 is 5.97 Å². The van der Waals surface area contributed by atoms with Crippen LogP contribution in [0, 0.1) is 0 Å². The number of nitrogens with one attached hydrogen (secondary N) is 1. The van der Waals surface area contributed by atoms with Crippen LogP contribution in [-0.2, 0) is 19.1 Å². The number of hydrogen-bond donors (Lipinski definition) is 1. The Hall–Kier alpha value is -1.62. The van der Waals surface area contributed by atoms with Crippen molar-refractivity contribution in [1.29, 1.82) is 0 Å². The van der Waals surface area contributed by atoms with Gasteiger partial charge < -0.3 is 14.8 Å². The van der Waals surface area contributed by atoms with Gasteiger partial charge in [0.15, 0.2) is 0 Å². The molecule has 0 saturated heterocycles. The molecule has 17 heavy (non-hydrogen) atoms. The highest BCUT2D eigenvalue weighted by atomic mass is 16.5. The van der Waals surface area contributed by atoms with E-state index in [9.17, 15) is 9.59 Å². The van der Waals surface area contributed by atoms with Crippen molar-refractivity contribution in [2.75, 3.05) is 26.4 Å². The summed E-state index contributed by atoms with van der Waals surface area (Å²) in [4.78, 5) is 22.2. The van der Waals surface area contributed by atoms with Gasteiger partial charge in [0.25, 0.3) is 0 Å². The summed E-state index contributed by atoms with van der Waals surface area (Å²) in [6.45, 7) is 9.67. The van der Waals surface area contributed by atoms with Crippen LogP contribution >= 0.6 is 0 Å². The second-order valence-corrected chi connectivity index (χ2v) is 3.25. The summed E-state index contributed by atoms with van der Waals surface area (Å²) in [5.74, 6) is -0.589. The number of amides is 1. The normalized spacial score (nSPS) is 9.47. The molecular formula is C12H19NO4. The molecule has 1 N–H and O–H groups in total. The summed E-state index contributed by atoms with van der Waals surface area (Å²) in [5, 5.41) is 2.59. The number of carbonyl (C=O) groups excluding carboxylic acids is 2. The third kappa shape index (κ3) is 8.21. The van der Waals surface area contributed by atoms with Crippen molar-refractivity contribution in [2.24, 2.45) is 0 Å². The third-order valence-electron chi connectivity index (χ3n) is 1.78. The van der Waals surface area contributed by atoms with E-state index in [-0.39, 0.29) is 24.7 Å². The molecule has 0 radical (unpaired) electrons. The van der Waals surface area contributed by atoms with Gasteiger partial charge in [0.2, 0.25) is 5.91 Å². The van der Waals surface area contributed by atoms with Crippen molar-refractivity contribution in [3.05, 3.63) is 24.8 Å². The van der Waals surface area contributed by atoms with E-state index in [2.05, 4.69) is 18.5 Å². The SMILES string of the molecule is C=CCOCC(=C)C(=O)OCCNC(=O)CC. The summed E-state index contributed by atoms with van der Waals surface area (Å²) in [6.07, 6.45) is 1.99. The van der Waals surface area contributed by atoms with Gasteiger partial charge in [0.05, 0.1) is 25.3 Å². The first-order valence-electron chi connectivity index (χ1n) is 5.42. The van der Waals surface area contributed by atoms with Crippen LogP contribution < -0.4 is 5.32 Å². The Labute approximate surface area is 101 Å². The van der Waals surface area contributed by atoms with Gasteiger partial charge in [-0.2, -0.15) is 0 Å². The molecule has 96 valence electrons. The summed E-state index contributed by atoms with van der Waals surface area (Å²) in [5.41, 5.74) is 0.244. The van der Waals surface area contributed by atoms with Gasteiger partial charge in [-0.3, -0.25) is 4.79 Å². The molecule has 0 aliphatic carbocycles. The predicted molar refractivity (Wildman–Crippen MR) is 64.4 cm³/mol. The number of ether oxygens (including phenoxy) is 2. The van der Waals surface area contributed by atoms with Crippen LogP contribution in [0.5, 0.6) is 0 Å². The molecule has 1 amide bonds. The largest absolute Gasteiger partial charge is 0.460 e. The Morgan fingerprint density at radius 1 is 1.41 bits per heavy atom. The minimum atomic E-state index is -0.514. The zero-order valence-corrected chi connectivity index (χ0v) is 10.2. The minimum Gasteiger partial charge on any atom is -0.460 e. The molecule has 0 aromatic carbocycles. The van der Waals surface area contributed by atoms with E-state index in [0.29, 0.717) is 19.6 Å². The van der Waals surface area contributed by atoms with E-state index in [0.717, 1.165) is 0 Å².